The average Bonchev–Trinajstić information content (AvgIpc) is 2.68. The van der Waals surface area contributed by atoms with Crippen molar-refractivity contribution in [2.75, 3.05) is 20.1 Å². The van der Waals surface area contributed by atoms with E-state index in [9.17, 15) is 14.7 Å². The maximum absolute atomic E-state index is 11.7. The number of fused-ring (bicyclic) bond motifs is 1. The zero-order valence-corrected chi connectivity index (χ0v) is 10.5. The van der Waals surface area contributed by atoms with Crippen molar-refractivity contribution in [2.45, 2.75) is 44.2 Å². The normalized spacial score (nSPS) is 33.2. The van der Waals surface area contributed by atoms with E-state index in [-0.39, 0.29) is 11.9 Å². The van der Waals surface area contributed by atoms with Gasteiger partial charge in [-0.2, -0.15) is 0 Å². The monoisotopic (exact) mass is 240 g/mol. The van der Waals surface area contributed by atoms with Gasteiger partial charge in [0.05, 0.1) is 0 Å². The molecule has 0 aromatic rings. The van der Waals surface area contributed by atoms with Gasteiger partial charge in [-0.05, 0) is 25.8 Å². The zero-order valence-electron chi connectivity index (χ0n) is 10.5. The number of nitrogens with zero attached hydrogens (tertiary/aromatic N) is 2. The van der Waals surface area contributed by atoms with Gasteiger partial charge in [-0.15, -0.1) is 0 Å². The molecule has 2 aliphatic rings. The maximum atomic E-state index is 11.7. The fourth-order valence-corrected chi connectivity index (χ4v) is 3.35. The van der Waals surface area contributed by atoms with Gasteiger partial charge in [-0.3, -0.25) is 9.69 Å². The Hall–Kier alpha value is -1.10. The van der Waals surface area contributed by atoms with Crippen LogP contribution in [-0.4, -0.2) is 58.5 Å². The van der Waals surface area contributed by atoms with E-state index >= 15 is 0 Å². The first-order valence-corrected chi connectivity index (χ1v) is 6.22. The number of piperidine rings is 1. The Labute approximate surface area is 101 Å². The molecule has 0 saturated carbocycles. The number of aliphatic carboxylic acids is 1. The Balaban J connectivity index is 2.34. The van der Waals surface area contributed by atoms with Crippen LogP contribution in [0.25, 0.3) is 0 Å². The molecule has 2 saturated heterocycles. The fourth-order valence-electron chi connectivity index (χ4n) is 3.35. The van der Waals surface area contributed by atoms with E-state index in [2.05, 4.69) is 4.90 Å². The number of amides is 1. The third-order valence-electron chi connectivity index (χ3n) is 4.39. The first-order valence-electron chi connectivity index (χ1n) is 6.22. The predicted octanol–water partition coefficient (Wildman–Crippen LogP) is 0.546. The Morgan fingerprint density at radius 1 is 1.35 bits per heavy atom. The van der Waals surface area contributed by atoms with Crippen LogP contribution in [0.1, 0.15) is 32.6 Å². The smallest absolute Gasteiger partial charge is 0.331 e. The molecule has 0 aromatic carbocycles. The zero-order chi connectivity index (χ0) is 12.6. The molecular weight excluding hydrogens is 220 g/mol. The highest BCUT2D eigenvalue weighted by molar-refractivity contribution is 5.87. The van der Waals surface area contributed by atoms with Gasteiger partial charge >= 0.3 is 5.97 Å². The molecule has 2 fully saturated rings. The Morgan fingerprint density at radius 3 is 2.65 bits per heavy atom. The third-order valence-corrected chi connectivity index (χ3v) is 4.39. The van der Waals surface area contributed by atoms with Crippen molar-refractivity contribution in [1.29, 1.82) is 0 Å². The lowest BCUT2D eigenvalue weighted by molar-refractivity contribution is -0.159. The van der Waals surface area contributed by atoms with Crippen molar-refractivity contribution < 1.29 is 14.7 Å². The van der Waals surface area contributed by atoms with Crippen molar-refractivity contribution in [3.05, 3.63) is 0 Å². The van der Waals surface area contributed by atoms with E-state index in [0.29, 0.717) is 6.42 Å². The second kappa shape index (κ2) is 4.29. The Morgan fingerprint density at radius 2 is 2.06 bits per heavy atom. The van der Waals surface area contributed by atoms with Crippen LogP contribution in [0.4, 0.5) is 0 Å². The molecule has 5 heteroatoms. The topological polar surface area (TPSA) is 60.9 Å². The molecule has 5 nitrogen and oxygen atoms in total. The van der Waals surface area contributed by atoms with E-state index in [1.54, 1.807) is 7.05 Å². The number of hydrogen-bond acceptors (Lipinski definition) is 3. The maximum Gasteiger partial charge on any atom is 0.331 e. The SMILES string of the molecule is CC(=O)N(C)C1(C(=O)O)CCN2CCCCC21. The second-order valence-corrected chi connectivity index (χ2v) is 5.10. The molecule has 2 heterocycles. The van der Waals surface area contributed by atoms with E-state index in [4.69, 9.17) is 0 Å². The largest absolute Gasteiger partial charge is 0.479 e. The van der Waals surface area contributed by atoms with E-state index in [0.717, 1.165) is 32.4 Å². The number of hydrogen-bond donors (Lipinski definition) is 1. The van der Waals surface area contributed by atoms with Crippen molar-refractivity contribution >= 4 is 11.9 Å². The van der Waals surface area contributed by atoms with Gasteiger partial charge in [0, 0.05) is 26.6 Å². The standard InChI is InChI=1S/C12H20N2O3/c1-9(15)13(2)12(11(16)17)6-8-14-7-4-3-5-10(12)14/h10H,3-8H2,1-2H3,(H,16,17). The minimum atomic E-state index is -1.01. The number of carboxylic acid groups (broad SMARTS) is 1. The van der Waals surface area contributed by atoms with Gasteiger partial charge in [0.1, 0.15) is 0 Å². The molecule has 2 rings (SSSR count). The quantitative estimate of drug-likeness (QED) is 0.765. The van der Waals surface area contributed by atoms with Crippen molar-refractivity contribution in [1.82, 2.24) is 9.80 Å². The average molecular weight is 240 g/mol. The van der Waals surface area contributed by atoms with Gasteiger partial charge in [0.25, 0.3) is 0 Å². The predicted molar refractivity (Wildman–Crippen MR) is 62.6 cm³/mol. The second-order valence-electron chi connectivity index (χ2n) is 5.10. The van der Waals surface area contributed by atoms with Gasteiger partial charge < -0.3 is 10.0 Å². The lowest BCUT2D eigenvalue weighted by Gasteiger charge is -2.42. The van der Waals surface area contributed by atoms with Crippen LogP contribution in [0.3, 0.4) is 0 Å². The summed E-state index contributed by atoms with van der Waals surface area (Å²) in [5, 5.41) is 9.60. The van der Waals surface area contributed by atoms with Crippen LogP contribution in [0, 0.1) is 0 Å². The molecule has 1 N–H and O–H groups in total. The number of carbonyl (C=O) groups excluding carboxylic acids is 1. The van der Waals surface area contributed by atoms with Gasteiger partial charge in [0.2, 0.25) is 5.91 Å². The summed E-state index contributed by atoms with van der Waals surface area (Å²) in [7, 11) is 1.62. The molecule has 0 spiro atoms. The molecule has 17 heavy (non-hydrogen) atoms. The summed E-state index contributed by atoms with van der Waals surface area (Å²) >= 11 is 0. The van der Waals surface area contributed by atoms with E-state index < -0.39 is 11.5 Å². The molecular formula is C12H20N2O3. The lowest BCUT2D eigenvalue weighted by Crippen LogP contribution is -2.62. The minimum Gasteiger partial charge on any atom is -0.479 e. The number of likely N-dealkylation sites (N-methyl/N-ethyl adjacent to an activating group) is 1. The summed E-state index contributed by atoms with van der Waals surface area (Å²) in [6, 6.07) is -0.0114. The summed E-state index contributed by atoms with van der Waals surface area (Å²) in [5.41, 5.74) is -1.01. The van der Waals surface area contributed by atoms with Crippen LogP contribution in [0.2, 0.25) is 0 Å². The number of rotatable bonds is 2. The van der Waals surface area contributed by atoms with Crippen LogP contribution in [-0.2, 0) is 9.59 Å². The molecule has 2 aliphatic heterocycles. The minimum absolute atomic E-state index is 0.0114. The molecule has 1 amide bonds. The van der Waals surface area contributed by atoms with E-state index in [1.807, 2.05) is 0 Å². The number of carbonyl (C=O) groups is 2. The summed E-state index contributed by atoms with van der Waals surface area (Å²) in [4.78, 5) is 26.9. The molecule has 0 aromatic heterocycles. The summed E-state index contributed by atoms with van der Waals surface area (Å²) < 4.78 is 0. The summed E-state index contributed by atoms with van der Waals surface area (Å²) in [5.74, 6) is -1.02. The van der Waals surface area contributed by atoms with Crippen molar-refractivity contribution in [3.8, 4) is 0 Å². The molecule has 2 unspecified atom stereocenters. The van der Waals surface area contributed by atoms with Gasteiger partial charge in [0.15, 0.2) is 5.54 Å². The third kappa shape index (κ3) is 1.73. The lowest BCUT2D eigenvalue weighted by atomic mass is 9.84. The fraction of sp³-hybridized carbons (Fsp3) is 0.833. The highest BCUT2D eigenvalue weighted by atomic mass is 16.4. The summed E-state index contributed by atoms with van der Waals surface area (Å²) in [6.07, 6.45) is 3.62. The first-order chi connectivity index (χ1) is 8.00. The van der Waals surface area contributed by atoms with Crippen LogP contribution < -0.4 is 0 Å². The summed E-state index contributed by atoms with van der Waals surface area (Å²) in [6.45, 7) is 3.19. The van der Waals surface area contributed by atoms with Crippen molar-refractivity contribution in [3.63, 3.8) is 0 Å². The van der Waals surface area contributed by atoms with Crippen molar-refractivity contribution in [2.24, 2.45) is 0 Å². The van der Waals surface area contributed by atoms with Gasteiger partial charge in [-0.25, -0.2) is 4.79 Å². The first kappa shape index (κ1) is 12.4. The molecule has 0 bridgehead atoms. The van der Waals surface area contributed by atoms with E-state index in [1.165, 1.54) is 11.8 Å². The molecule has 96 valence electrons. The van der Waals surface area contributed by atoms with Gasteiger partial charge in [-0.1, -0.05) is 6.42 Å². The Kier molecular flexibility index (Phi) is 3.12. The molecule has 0 radical (unpaired) electrons. The van der Waals surface area contributed by atoms with Crippen LogP contribution in [0.15, 0.2) is 0 Å². The Bertz CT molecular complexity index is 345. The molecule has 0 aliphatic carbocycles. The number of carboxylic acids is 1. The highest BCUT2D eigenvalue weighted by Crippen LogP contribution is 2.39. The van der Waals surface area contributed by atoms with Crippen LogP contribution >= 0.6 is 0 Å². The van der Waals surface area contributed by atoms with Crippen LogP contribution in [0.5, 0.6) is 0 Å². The molecule has 2 atom stereocenters. The highest BCUT2D eigenvalue weighted by Gasteiger charge is 2.56.